The Morgan fingerprint density at radius 2 is 1.73 bits per heavy atom. The molecule has 4 amide bonds. The lowest BCUT2D eigenvalue weighted by atomic mass is 9.85. The molecule has 3 fully saturated rings. The molecule has 340 valence electrons. The average Bonchev–Trinajstić information content (AvgIpc) is 4.14. The zero-order valence-corrected chi connectivity index (χ0v) is 36.3. The Hall–Kier alpha value is -5.46. The van der Waals surface area contributed by atoms with Crippen LogP contribution >= 0.6 is 0 Å². The molecule has 63 heavy (non-hydrogen) atoms. The van der Waals surface area contributed by atoms with Gasteiger partial charge in [-0.2, -0.15) is 13.2 Å². The Bertz CT molecular complexity index is 2430. The highest BCUT2D eigenvalue weighted by Gasteiger charge is 2.63. The number of ether oxygens (including phenoxy) is 2. The maximum atomic E-state index is 15.2. The molecular formula is C44H51F4N5O9S. The number of carbonyl (C=O) groups is 4. The second-order valence-electron chi connectivity index (χ2n) is 17.8. The highest BCUT2D eigenvalue weighted by atomic mass is 32.2. The van der Waals surface area contributed by atoms with Crippen molar-refractivity contribution >= 4 is 44.6 Å². The number of carbonyl (C=O) groups excluding carboxylic acids is 3. The number of hydrogen-bond donors (Lipinski definition) is 3. The van der Waals surface area contributed by atoms with Crippen molar-refractivity contribution in [2.45, 2.75) is 113 Å². The fourth-order valence-electron chi connectivity index (χ4n) is 8.83. The largest absolute Gasteiger partial charge is 0.497 e. The van der Waals surface area contributed by atoms with Crippen molar-refractivity contribution in [3.8, 4) is 22.9 Å². The van der Waals surface area contributed by atoms with Crippen LogP contribution in [0.3, 0.4) is 0 Å². The normalized spacial score (nSPS) is 27.5. The summed E-state index contributed by atoms with van der Waals surface area (Å²) in [5, 5.41) is 13.6. The van der Waals surface area contributed by atoms with Gasteiger partial charge in [0.05, 0.1) is 24.6 Å². The highest BCUT2D eigenvalue weighted by Crippen LogP contribution is 2.47. The van der Waals surface area contributed by atoms with E-state index in [9.17, 15) is 45.5 Å². The van der Waals surface area contributed by atoms with Gasteiger partial charge in [0.2, 0.25) is 27.7 Å². The predicted molar refractivity (Wildman–Crippen MR) is 222 cm³/mol. The van der Waals surface area contributed by atoms with E-state index >= 15 is 4.79 Å². The van der Waals surface area contributed by atoms with Crippen molar-refractivity contribution < 1.29 is 59.7 Å². The van der Waals surface area contributed by atoms with E-state index < -0.39 is 98.7 Å². The third-order valence-corrected chi connectivity index (χ3v) is 14.6. The maximum Gasteiger partial charge on any atom is 0.411 e. The molecule has 4 aliphatic rings. The van der Waals surface area contributed by atoms with Gasteiger partial charge in [0, 0.05) is 23.3 Å². The monoisotopic (exact) mass is 901 g/mol. The Morgan fingerprint density at radius 3 is 2.37 bits per heavy atom. The van der Waals surface area contributed by atoms with Gasteiger partial charge in [-0.15, -0.1) is 0 Å². The number of sulfonamides is 1. The van der Waals surface area contributed by atoms with Crippen LogP contribution in [-0.4, -0.2) is 106 Å². The summed E-state index contributed by atoms with van der Waals surface area (Å²) in [5.41, 5.74) is -3.93. The van der Waals surface area contributed by atoms with E-state index in [0.29, 0.717) is 67.3 Å². The van der Waals surface area contributed by atoms with Gasteiger partial charge in [-0.3, -0.25) is 24.0 Å². The van der Waals surface area contributed by atoms with Gasteiger partial charge < -0.3 is 24.8 Å². The second kappa shape index (κ2) is 16.9. The molecule has 0 radical (unpaired) electrons. The van der Waals surface area contributed by atoms with Crippen LogP contribution in [0.25, 0.3) is 22.0 Å². The summed E-state index contributed by atoms with van der Waals surface area (Å²) in [6.45, 7) is 4.28. The fourth-order valence-corrected chi connectivity index (χ4v) is 10.2. The average molecular weight is 902 g/mol. The molecule has 19 heteroatoms. The number of halogens is 4. The lowest BCUT2D eigenvalue weighted by Crippen LogP contribution is -2.66. The SMILES string of the molecule is COc1ccc2c(O[C@@H]3C[C@H]4C(=O)N[C@]5(C(=O)NS(=O)(=O)C6CC6)C[C@H]5/C=C\CC[C@@H](C)C[C@@H](C)[C@H](N(C(=O)O)C(C)(C)C(F)(F)F)C(=O)N4C3)nc(-c3ccc(F)cc3)cc2c1. The molecule has 1 aromatic heterocycles. The van der Waals surface area contributed by atoms with Gasteiger partial charge >= 0.3 is 12.3 Å². The molecule has 2 saturated carbocycles. The number of nitrogens with one attached hydrogen (secondary N) is 2. The molecule has 7 atom stereocenters. The van der Waals surface area contributed by atoms with Crippen LogP contribution in [0.1, 0.15) is 72.6 Å². The van der Waals surface area contributed by atoms with Crippen LogP contribution in [0.15, 0.2) is 60.7 Å². The molecule has 3 heterocycles. The number of hydrogen-bond acceptors (Lipinski definition) is 9. The zero-order chi connectivity index (χ0) is 45.8. The van der Waals surface area contributed by atoms with E-state index in [4.69, 9.17) is 14.5 Å². The summed E-state index contributed by atoms with van der Waals surface area (Å²) < 4.78 is 98.4. The minimum atomic E-state index is -5.13. The molecule has 7 rings (SSSR count). The van der Waals surface area contributed by atoms with Crippen molar-refractivity contribution in [1.29, 1.82) is 0 Å². The molecule has 2 aliphatic carbocycles. The van der Waals surface area contributed by atoms with Crippen molar-refractivity contribution in [3.63, 3.8) is 0 Å². The maximum absolute atomic E-state index is 15.2. The molecule has 2 aromatic carbocycles. The van der Waals surface area contributed by atoms with Gasteiger partial charge in [-0.1, -0.05) is 26.0 Å². The van der Waals surface area contributed by atoms with E-state index in [0.717, 1.165) is 4.90 Å². The first-order valence-electron chi connectivity index (χ1n) is 20.9. The molecule has 3 N–H and O–H groups in total. The number of carboxylic acid groups (broad SMARTS) is 1. The van der Waals surface area contributed by atoms with Crippen molar-refractivity contribution in [1.82, 2.24) is 24.8 Å². The van der Waals surface area contributed by atoms with E-state index in [2.05, 4.69) is 10.0 Å². The zero-order valence-electron chi connectivity index (χ0n) is 35.4. The van der Waals surface area contributed by atoms with Crippen LogP contribution in [-0.2, 0) is 24.4 Å². The summed E-state index contributed by atoms with van der Waals surface area (Å²) in [6.07, 6.45) is -3.15. The second-order valence-corrected chi connectivity index (χ2v) is 19.8. The molecule has 0 spiro atoms. The Kier molecular flexibility index (Phi) is 12.2. The summed E-state index contributed by atoms with van der Waals surface area (Å²) in [6, 6.07) is 8.86. The Morgan fingerprint density at radius 1 is 1.03 bits per heavy atom. The lowest BCUT2D eigenvalue weighted by Gasteiger charge is -2.45. The number of benzene rings is 2. The highest BCUT2D eigenvalue weighted by molar-refractivity contribution is 7.91. The first-order valence-corrected chi connectivity index (χ1v) is 22.5. The smallest absolute Gasteiger partial charge is 0.411 e. The molecule has 2 aliphatic heterocycles. The summed E-state index contributed by atoms with van der Waals surface area (Å²) >= 11 is 0. The topological polar surface area (TPSA) is 185 Å². The van der Waals surface area contributed by atoms with Crippen LogP contribution in [0.2, 0.25) is 0 Å². The van der Waals surface area contributed by atoms with Crippen molar-refractivity contribution in [2.24, 2.45) is 17.8 Å². The predicted octanol–water partition coefficient (Wildman–Crippen LogP) is 6.58. The number of aromatic nitrogens is 1. The number of nitrogens with zero attached hydrogens (tertiary/aromatic N) is 3. The summed E-state index contributed by atoms with van der Waals surface area (Å²) in [4.78, 5) is 62.6. The number of methoxy groups -OCH3 is 1. The molecule has 0 unspecified atom stereocenters. The third-order valence-electron chi connectivity index (χ3n) is 12.8. The Balaban J connectivity index is 1.32. The van der Waals surface area contributed by atoms with Crippen LogP contribution in [0, 0.1) is 23.6 Å². The lowest BCUT2D eigenvalue weighted by molar-refractivity contribution is -0.222. The standard InChI is InChI=1S/C44H51F4N5O9S/c1-24-8-6-7-9-28-22-43(28,40(56)51-63(59,60)32-15-16-32)50-37(54)35-21-31(23-52(35)39(55)36(25(2)18-24)53(41(57)58)42(3,4)44(46,47)48)62-38-33-17-14-30(61-5)19-27(33)20-34(49-38)26-10-12-29(45)13-11-26/h7,9-14,17,19-20,24-25,28,31-32,35-36H,6,8,15-16,18,21-23H2,1-5H3,(H,50,54)(H,51,56)(H,57,58)/b9-7-/t24-,25-,28-,31-,35+,36+,43-/m1/s1. The van der Waals surface area contributed by atoms with Crippen LogP contribution < -0.4 is 19.5 Å². The van der Waals surface area contributed by atoms with Gasteiger partial charge in [-0.25, -0.2) is 22.6 Å². The number of fused-ring (bicyclic) bond motifs is 3. The van der Waals surface area contributed by atoms with E-state index in [1.54, 1.807) is 36.4 Å². The minimum absolute atomic E-state index is 0.0270. The number of allylic oxidation sites excluding steroid dienone is 1. The quantitative estimate of drug-likeness (QED) is 0.157. The fraction of sp³-hybridized carbons (Fsp3) is 0.523. The third kappa shape index (κ3) is 9.15. The van der Waals surface area contributed by atoms with E-state index in [-0.39, 0.29) is 36.0 Å². The van der Waals surface area contributed by atoms with Gasteiger partial charge in [0.25, 0.3) is 5.91 Å². The summed E-state index contributed by atoms with van der Waals surface area (Å²) in [5.74, 6) is -4.75. The van der Waals surface area contributed by atoms with Crippen molar-refractivity contribution in [3.05, 3.63) is 66.5 Å². The van der Waals surface area contributed by atoms with E-state index in [1.807, 2.05) is 6.92 Å². The molecule has 0 bridgehead atoms. The molecule has 1 saturated heterocycles. The van der Waals surface area contributed by atoms with E-state index in [1.165, 1.54) is 38.3 Å². The Labute approximate surface area is 362 Å². The summed E-state index contributed by atoms with van der Waals surface area (Å²) in [7, 11) is -2.57. The number of rotatable bonds is 9. The van der Waals surface area contributed by atoms with Crippen LogP contribution in [0.5, 0.6) is 11.6 Å². The van der Waals surface area contributed by atoms with Crippen molar-refractivity contribution in [2.75, 3.05) is 13.7 Å². The van der Waals surface area contributed by atoms with Gasteiger partial charge in [0.1, 0.15) is 40.8 Å². The molecular weight excluding hydrogens is 851 g/mol. The first kappa shape index (κ1) is 45.6. The molecule has 3 aromatic rings. The first-order chi connectivity index (χ1) is 29.6. The van der Waals surface area contributed by atoms with Gasteiger partial charge in [-0.05, 0) is 118 Å². The van der Waals surface area contributed by atoms with Crippen LogP contribution in [0.4, 0.5) is 22.4 Å². The number of pyridine rings is 1. The number of amides is 4. The number of alkyl halides is 3. The van der Waals surface area contributed by atoms with Gasteiger partial charge in [0.15, 0.2) is 0 Å². The minimum Gasteiger partial charge on any atom is -0.497 e. The molecule has 14 nitrogen and oxygen atoms in total.